The first-order valence-electron chi connectivity index (χ1n) is 6.64. The Morgan fingerprint density at radius 2 is 2.10 bits per heavy atom. The van der Waals surface area contributed by atoms with Crippen LogP contribution in [-0.4, -0.2) is 34.9 Å². The van der Waals surface area contributed by atoms with Crippen molar-refractivity contribution in [3.05, 3.63) is 29.6 Å². The molecule has 20 heavy (non-hydrogen) atoms. The van der Waals surface area contributed by atoms with Crippen LogP contribution < -0.4 is 11.1 Å². The van der Waals surface area contributed by atoms with Crippen LogP contribution in [0.25, 0.3) is 0 Å². The van der Waals surface area contributed by atoms with E-state index in [1.54, 1.807) is 19.1 Å². The van der Waals surface area contributed by atoms with Gasteiger partial charge in [0.15, 0.2) is 0 Å². The summed E-state index contributed by atoms with van der Waals surface area (Å²) in [5, 5.41) is 3.01. The van der Waals surface area contributed by atoms with E-state index in [1.807, 2.05) is 4.90 Å². The molecule has 108 valence electrons. The third-order valence-electron chi connectivity index (χ3n) is 3.42. The Morgan fingerprint density at radius 3 is 2.70 bits per heavy atom. The Hall–Kier alpha value is -1.69. The van der Waals surface area contributed by atoms with Gasteiger partial charge in [0.25, 0.3) is 0 Å². The van der Waals surface area contributed by atoms with Crippen molar-refractivity contribution in [1.82, 2.24) is 4.90 Å². The Labute approximate surface area is 123 Å². The molecule has 6 heteroatoms. The number of hydrogen-bond donors (Lipinski definition) is 2. The first-order chi connectivity index (χ1) is 9.50. The van der Waals surface area contributed by atoms with Crippen molar-refractivity contribution in [3.63, 3.8) is 0 Å². The van der Waals surface area contributed by atoms with Crippen LogP contribution in [-0.2, 0) is 4.79 Å². The summed E-state index contributed by atoms with van der Waals surface area (Å²) >= 11 is 4.87. The first-order valence-corrected chi connectivity index (χ1v) is 7.05. The summed E-state index contributed by atoms with van der Waals surface area (Å²) in [6.45, 7) is 3.33. The summed E-state index contributed by atoms with van der Waals surface area (Å²) in [6.07, 6.45) is 2.08. The van der Waals surface area contributed by atoms with Crippen molar-refractivity contribution in [2.75, 3.05) is 18.4 Å². The van der Waals surface area contributed by atoms with Crippen molar-refractivity contribution in [1.29, 1.82) is 0 Å². The molecule has 2 rings (SSSR count). The highest BCUT2D eigenvalue weighted by Crippen LogP contribution is 2.20. The fraction of sp³-hybridized carbons (Fsp3) is 0.429. The van der Waals surface area contributed by atoms with E-state index in [1.165, 1.54) is 6.07 Å². The molecule has 4 nitrogen and oxygen atoms in total. The number of nitrogens with zero attached hydrogens (tertiary/aromatic N) is 1. The zero-order chi connectivity index (χ0) is 14.7. The van der Waals surface area contributed by atoms with Crippen LogP contribution in [0.15, 0.2) is 18.2 Å². The van der Waals surface area contributed by atoms with Gasteiger partial charge in [-0.25, -0.2) is 4.39 Å². The number of amides is 1. The third-order valence-corrected chi connectivity index (χ3v) is 3.62. The number of rotatable bonds is 4. The molecule has 3 N–H and O–H groups in total. The topological polar surface area (TPSA) is 58.4 Å². The Balaban J connectivity index is 2.15. The molecule has 1 unspecified atom stereocenters. The summed E-state index contributed by atoms with van der Waals surface area (Å²) in [5.41, 5.74) is 6.16. The molecule has 1 fully saturated rings. The van der Waals surface area contributed by atoms with Crippen LogP contribution in [0.4, 0.5) is 10.1 Å². The quantitative estimate of drug-likeness (QED) is 0.833. The van der Waals surface area contributed by atoms with Crippen molar-refractivity contribution in [2.24, 2.45) is 5.73 Å². The SMILES string of the molecule is CC(Nc1cccc(F)c1C(N)=S)C(=O)N1CCCC1. The normalized spacial score (nSPS) is 16.0. The van der Waals surface area contributed by atoms with Gasteiger partial charge in [-0.1, -0.05) is 18.3 Å². The van der Waals surface area contributed by atoms with Crippen molar-refractivity contribution >= 4 is 28.8 Å². The molecule has 1 amide bonds. The third kappa shape index (κ3) is 3.07. The number of thiocarbonyl (C=S) groups is 1. The number of hydrogen-bond acceptors (Lipinski definition) is 3. The second kappa shape index (κ2) is 6.17. The molecule has 1 saturated heterocycles. The molecule has 1 aliphatic rings. The van der Waals surface area contributed by atoms with Gasteiger partial charge in [-0.05, 0) is 31.9 Å². The van der Waals surface area contributed by atoms with E-state index in [2.05, 4.69) is 5.32 Å². The Bertz CT molecular complexity index is 529. The van der Waals surface area contributed by atoms with Gasteiger partial charge in [-0.15, -0.1) is 0 Å². The minimum absolute atomic E-state index is 0.0145. The molecule has 1 heterocycles. The molecule has 0 bridgehead atoms. The lowest BCUT2D eigenvalue weighted by atomic mass is 10.1. The van der Waals surface area contributed by atoms with E-state index >= 15 is 0 Å². The van der Waals surface area contributed by atoms with Crippen LogP contribution in [0.1, 0.15) is 25.3 Å². The number of carbonyl (C=O) groups excluding carboxylic acids is 1. The maximum absolute atomic E-state index is 13.8. The number of nitrogens with two attached hydrogens (primary N) is 1. The molecule has 0 saturated carbocycles. The molecular formula is C14H18FN3OS. The number of anilines is 1. The molecule has 1 atom stereocenters. The molecule has 1 aromatic carbocycles. The monoisotopic (exact) mass is 295 g/mol. The van der Waals surface area contributed by atoms with Crippen LogP contribution in [0, 0.1) is 5.82 Å². The van der Waals surface area contributed by atoms with Crippen molar-refractivity contribution in [3.8, 4) is 0 Å². The molecule has 0 aromatic heterocycles. The number of benzene rings is 1. The highest BCUT2D eigenvalue weighted by atomic mass is 32.1. The van der Waals surface area contributed by atoms with E-state index in [0.717, 1.165) is 25.9 Å². The second-order valence-corrected chi connectivity index (χ2v) is 5.36. The van der Waals surface area contributed by atoms with E-state index in [9.17, 15) is 9.18 Å². The van der Waals surface area contributed by atoms with E-state index in [4.69, 9.17) is 18.0 Å². The lowest BCUT2D eigenvalue weighted by Crippen LogP contribution is -2.40. The smallest absolute Gasteiger partial charge is 0.244 e. The van der Waals surface area contributed by atoms with Gasteiger partial charge in [-0.3, -0.25) is 4.79 Å². The maximum Gasteiger partial charge on any atom is 0.244 e. The maximum atomic E-state index is 13.8. The fourth-order valence-corrected chi connectivity index (χ4v) is 2.61. The summed E-state index contributed by atoms with van der Waals surface area (Å²) in [4.78, 5) is 14.0. The number of nitrogens with one attached hydrogen (secondary N) is 1. The van der Waals surface area contributed by atoms with Crippen molar-refractivity contribution in [2.45, 2.75) is 25.8 Å². The number of halogens is 1. The lowest BCUT2D eigenvalue weighted by Gasteiger charge is -2.23. The van der Waals surface area contributed by atoms with Gasteiger partial charge in [0.1, 0.15) is 16.8 Å². The van der Waals surface area contributed by atoms with Gasteiger partial charge in [0, 0.05) is 18.8 Å². The Morgan fingerprint density at radius 1 is 1.45 bits per heavy atom. The van der Waals surface area contributed by atoms with E-state index < -0.39 is 11.9 Å². The van der Waals surface area contributed by atoms with Crippen LogP contribution in [0.2, 0.25) is 0 Å². The van der Waals surface area contributed by atoms with Gasteiger partial charge >= 0.3 is 0 Å². The second-order valence-electron chi connectivity index (χ2n) is 4.93. The van der Waals surface area contributed by atoms with Gasteiger partial charge in [0.05, 0.1) is 5.56 Å². The molecular weight excluding hydrogens is 277 g/mol. The van der Waals surface area contributed by atoms with Gasteiger partial charge in [0.2, 0.25) is 5.91 Å². The minimum Gasteiger partial charge on any atom is -0.389 e. The molecule has 1 aromatic rings. The summed E-state index contributed by atoms with van der Waals surface area (Å²) in [5.74, 6) is -0.469. The van der Waals surface area contributed by atoms with Crippen molar-refractivity contribution < 1.29 is 9.18 Å². The molecule has 0 spiro atoms. The predicted molar refractivity (Wildman–Crippen MR) is 81.2 cm³/mol. The molecule has 1 aliphatic heterocycles. The van der Waals surface area contributed by atoms with Crippen LogP contribution in [0.3, 0.4) is 0 Å². The predicted octanol–water partition coefficient (Wildman–Crippen LogP) is 1.88. The standard InChI is InChI=1S/C14H18FN3OS/c1-9(14(19)18-7-2-3-8-18)17-11-6-4-5-10(15)12(11)13(16)20/h4-6,9,17H,2-3,7-8H2,1H3,(H2,16,20). The molecule has 0 aliphatic carbocycles. The summed E-state index contributed by atoms with van der Waals surface area (Å²) in [6, 6.07) is 4.09. The summed E-state index contributed by atoms with van der Waals surface area (Å²) < 4.78 is 13.8. The van der Waals surface area contributed by atoms with Crippen LogP contribution in [0.5, 0.6) is 0 Å². The number of carbonyl (C=O) groups is 1. The largest absolute Gasteiger partial charge is 0.389 e. The summed E-state index contributed by atoms with van der Waals surface area (Å²) in [7, 11) is 0. The van der Waals surface area contributed by atoms with E-state index in [0.29, 0.717) is 5.69 Å². The Kier molecular flexibility index (Phi) is 4.54. The lowest BCUT2D eigenvalue weighted by molar-refractivity contribution is -0.130. The van der Waals surface area contributed by atoms with Crippen LogP contribution >= 0.6 is 12.2 Å². The van der Waals surface area contributed by atoms with E-state index in [-0.39, 0.29) is 16.5 Å². The zero-order valence-corrected chi connectivity index (χ0v) is 12.2. The van der Waals surface area contributed by atoms with Gasteiger partial charge < -0.3 is 16.0 Å². The zero-order valence-electron chi connectivity index (χ0n) is 11.4. The average Bonchev–Trinajstić information content (AvgIpc) is 2.91. The number of likely N-dealkylation sites (tertiary alicyclic amines) is 1. The fourth-order valence-electron chi connectivity index (χ4n) is 2.40. The highest BCUT2D eigenvalue weighted by molar-refractivity contribution is 7.80. The molecule has 0 radical (unpaired) electrons. The minimum atomic E-state index is -0.483. The highest BCUT2D eigenvalue weighted by Gasteiger charge is 2.24. The first kappa shape index (κ1) is 14.7. The average molecular weight is 295 g/mol. The van der Waals surface area contributed by atoms with Gasteiger partial charge in [-0.2, -0.15) is 0 Å².